The molecule has 3 nitrogen and oxygen atoms in total. The summed E-state index contributed by atoms with van der Waals surface area (Å²) in [5.74, 6) is 0.351. The Kier molecular flexibility index (Phi) is 2.92. The molecule has 0 heterocycles. The molecule has 2 N–H and O–H groups in total. The van der Waals surface area contributed by atoms with Crippen LogP contribution in [0.3, 0.4) is 0 Å². The Balaban J connectivity index is 1.61. The number of carbonyl (C=O) groups is 1. The summed E-state index contributed by atoms with van der Waals surface area (Å²) in [7, 11) is 0. The van der Waals surface area contributed by atoms with E-state index in [4.69, 9.17) is 10.5 Å². The molecule has 1 fully saturated rings. The third kappa shape index (κ3) is 1.95. The summed E-state index contributed by atoms with van der Waals surface area (Å²) >= 11 is 0. The molecule has 2 aliphatic rings. The van der Waals surface area contributed by atoms with Crippen LogP contribution in [0.4, 0.5) is 0 Å². The van der Waals surface area contributed by atoms with Gasteiger partial charge in [-0.05, 0) is 23.8 Å². The Morgan fingerprint density at radius 1 is 1.22 bits per heavy atom. The van der Waals surface area contributed by atoms with E-state index in [2.05, 4.69) is 12.2 Å². The highest BCUT2D eigenvalue weighted by Gasteiger charge is 2.47. The van der Waals surface area contributed by atoms with Crippen molar-refractivity contribution in [2.75, 3.05) is 0 Å². The van der Waals surface area contributed by atoms with Crippen molar-refractivity contribution in [1.29, 1.82) is 0 Å². The minimum absolute atomic E-state index is 0.0664. The van der Waals surface area contributed by atoms with Crippen molar-refractivity contribution < 1.29 is 9.53 Å². The molecule has 0 saturated heterocycles. The van der Waals surface area contributed by atoms with Crippen LogP contribution in [0.2, 0.25) is 0 Å². The molecule has 0 spiro atoms. The largest absolute Gasteiger partial charge is 0.461 e. The molecule has 0 amide bonds. The Morgan fingerprint density at radius 2 is 1.94 bits per heavy atom. The van der Waals surface area contributed by atoms with Gasteiger partial charge in [0.2, 0.25) is 0 Å². The number of rotatable bonds is 3. The first kappa shape index (κ1) is 11.5. The molecule has 94 valence electrons. The molecular weight excluding hydrogens is 226 g/mol. The van der Waals surface area contributed by atoms with E-state index in [0.717, 1.165) is 12.0 Å². The maximum atomic E-state index is 12.1. The van der Waals surface area contributed by atoms with Crippen molar-refractivity contribution in [1.82, 2.24) is 0 Å². The fraction of sp³-hybridized carbons (Fsp3) is 0.400. The van der Waals surface area contributed by atoms with Crippen LogP contribution in [-0.4, -0.2) is 12.0 Å². The van der Waals surface area contributed by atoms with Crippen LogP contribution in [0.5, 0.6) is 0 Å². The third-order valence-corrected chi connectivity index (χ3v) is 4.02. The molecule has 1 aromatic carbocycles. The van der Waals surface area contributed by atoms with E-state index >= 15 is 0 Å². The number of hydrogen-bond acceptors (Lipinski definition) is 3. The Hall–Kier alpha value is -1.61. The summed E-state index contributed by atoms with van der Waals surface area (Å²) in [5.41, 5.74) is 7.09. The van der Waals surface area contributed by atoms with Gasteiger partial charge in [0.15, 0.2) is 0 Å². The molecule has 18 heavy (non-hydrogen) atoms. The Labute approximate surface area is 107 Å². The lowest BCUT2D eigenvalue weighted by Gasteiger charge is -2.22. The fourth-order valence-corrected chi connectivity index (χ4v) is 3.02. The van der Waals surface area contributed by atoms with Crippen LogP contribution in [0.25, 0.3) is 0 Å². The van der Waals surface area contributed by atoms with E-state index < -0.39 is 0 Å². The lowest BCUT2D eigenvalue weighted by atomic mass is 9.90. The minimum Gasteiger partial charge on any atom is -0.461 e. The second-order valence-corrected chi connectivity index (χ2v) is 5.14. The molecule has 3 heteroatoms. The van der Waals surface area contributed by atoms with E-state index in [1.165, 1.54) is 0 Å². The van der Waals surface area contributed by atoms with E-state index in [9.17, 15) is 4.79 Å². The van der Waals surface area contributed by atoms with Crippen LogP contribution in [0.15, 0.2) is 42.5 Å². The second kappa shape index (κ2) is 4.58. The molecule has 1 aromatic rings. The van der Waals surface area contributed by atoms with Crippen LogP contribution in [0.1, 0.15) is 12.0 Å². The highest BCUT2D eigenvalue weighted by Crippen LogP contribution is 2.43. The zero-order chi connectivity index (χ0) is 12.5. The van der Waals surface area contributed by atoms with Crippen LogP contribution in [-0.2, 0) is 16.1 Å². The molecule has 4 atom stereocenters. The summed E-state index contributed by atoms with van der Waals surface area (Å²) in [4.78, 5) is 12.1. The normalized spacial score (nSPS) is 32.7. The topological polar surface area (TPSA) is 52.3 Å². The summed E-state index contributed by atoms with van der Waals surface area (Å²) in [6.07, 6.45) is 5.26. The molecule has 4 unspecified atom stereocenters. The van der Waals surface area contributed by atoms with Crippen LogP contribution in [0, 0.1) is 17.8 Å². The van der Waals surface area contributed by atoms with Crippen molar-refractivity contribution in [2.24, 2.45) is 23.5 Å². The number of benzene rings is 1. The lowest BCUT2D eigenvalue weighted by Crippen LogP contribution is -2.39. The van der Waals surface area contributed by atoms with Crippen molar-refractivity contribution in [3.63, 3.8) is 0 Å². The molecule has 0 aliphatic heterocycles. The molecule has 2 aliphatic carbocycles. The molecule has 2 bridgehead atoms. The number of esters is 1. The zero-order valence-corrected chi connectivity index (χ0v) is 10.2. The summed E-state index contributed by atoms with van der Waals surface area (Å²) < 4.78 is 5.38. The quantitative estimate of drug-likeness (QED) is 0.651. The summed E-state index contributed by atoms with van der Waals surface area (Å²) in [6.45, 7) is 0.337. The fourth-order valence-electron chi connectivity index (χ4n) is 3.02. The average molecular weight is 243 g/mol. The van der Waals surface area contributed by atoms with Gasteiger partial charge in [-0.25, -0.2) is 0 Å². The number of hydrogen-bond donors (Lipinski definition) is 1. The number of fused-ring (bicyclic) bond motifs is 2. The predicted molar refractivity (Wildman–Crippen MR) is 68.4 cm³/mol. The summed E-state index contributed by atoms with van der Waals surface area (Å²) in [5, 5.41) is 0. The third-order valence-electron chi connectivity index (χ3n) is 4.02. The second-order valence-electron chi connectivity index (χ2n) is 5.14. The first-order chi connectivity index (χ1) is 8.75. The average Bonchev–Trinajstić information content (AvgIpc) is 2.98. The van der Waals surface area contributed by atoms with E-state index in [1.807, 2.05) is 30.3 Å². The van der Waals surface area contributed by atoms with Gasteiger partial charge < -0.3 is 10.5 Å². The highest BCUT2D eigenvalue weighted by atomic mass is 16.5. The van der Waals surface area contributed by atoms with Gasteiger partial charge in [-0.2, -0.15) is 0 Å². The molecular formula is C15H17NO2. The Bertz CT molecular complexity index is 469. The van der Waals surface area contributed by atoms with Gasteiger partial charge in [-0.1, -0.05) is 42.5 Å². The molecule has 1 saturated carbocycles. The van der Waals surface area contributed by atoms with Crippen molar-refractivity contribution in [3.05, 3.63) is 48.0 Å². The zero-order valence-electron chi connectivity index (χ0n) is 10.2. The van der Waals surface area contributed by atoms with Gasteiger partial charge in [0.25, 0.3) is 0 Å². The van der Waals surface area contributed by atoms with E-state index in [-0.39, 0.29) is 23.8 Å². The van der Waals surface area contributed by atoms with Crippen LogP contribution < -0.4 is 5.73 Å². The van der Waals surface area contributed by atoms with E-state index in [0.29, 0.717) is 12.5 Å². The Morgan fingerprint density at radius 3 is 2.61 bits per heavy atom. The van der Waals surface area contributed by atoms with Gasteiger partial charge in [0.1, 0.15) is 6.61 Å². The maximum Gasteiger partial charge on any atom is 0.311 e. The van der Waals surface area contributed by atoms with E-state index in [1.54, 1.807) is 0 Å². The summed E-state index contributed by atoms with van der Waals surface area (Å²) in [6, 6.07) is 9.66. The minimum atomic E-state index is -0.150. The van der Waals surface area contributed by atoms with Crippen LogP contribution >= 0.6 is 0 Å². The molecule has 0 aromatic heterocycles. The van der Waals surface area contributed by atoms with Crippen molar-refractivity contribution in [3.8, 4) is 0 Å². The smallest absolute Gasteiger partial charge is 0.311 e. The number of nitrogens with two attached hydrogens (primary N) is 1. The molecule has 3 rings (SSSR count). The number of carbonyl (C=O) groups excluding carboxylic acids is 1. The number of allylic oxidation sites excluding steroid dienone is 1. The monoisotopic (exact) mass is 243 g/mol. The van der Waals surface area contributed by atoms with Gasteiger partial charge >= 0.3 is 5.97 Å². The van der Waals surface area contributed by atoms with Gasteiger partial charge in [0.05, 0.1) is 5.92 Å². The first-order valence-electron chi connectivity index (χ1n) is 6.40. The first-order valence-corrected chi connectivity index (χ1v) is 6.40. The van der Waals surface area contributed by atoms with Crippen molar-refractivity contribution >= 4 is 5.97 Å². The van der Waals surface area contributed by atoms with Gasteiger partial charge in [-0.3, -0.25) is 4.79 Å². The SMILES string of the molecule is NC1C2C=CC(C2)C1C(=O)OCc1ccccc1. The molecule has 0 radical (unpaired) electrons. The maximum absolute atomic E-state index is 12.1. The predicted octanol–water partition coefficient (Wildman–Crippen LogP) is 1.88. The lowest BCUT2D eigenvalue weighted by molar-refractivity contribution is -0.151. The van der Waals surface area contributed by atoms with Crippen molar-refractivity contribution in [2.45, 2.75) is 19.1 Å². The van der Waals surface area contributed by atoms with Gasteiger partial charge in [0, 0.05) is 6.04 Å². The standard InChI is InChI=1S/C15H17NO2/c16-14-12-7-6-11(8-12)13(14)15(17)18-9-10-4-2-1-3-5-10/h1-7,11-14H,8-9,16H2. The highest BCUT2D eigenvalue weighted by molar-refractivity contribution is 5.75. The van der Waals surface area contributed by atoms with Gasteiger partial charge in [-0.15, -0.1) is 0 Å². The number of ether oxygens (including phenoxy) is 1.